The average Bonchev–Trinajstić information content (AvgIpc) is 3.08. The SMILES string of the molecule is Cn1cnnc1C1(c2cccc(B3OC(C)(C)C(C)(C)O3)c2)CC(C#N)C1. The maximum atomic E-state index is 9.34. The summed E-state index contributed by atoms with van der Waals surface area (Å²) in [5.74, 6) is 0.947. The first-order valence-electron chi connectivity index (χ1n) is 9.39. The molecule has 6 nitrogen and oxygen atoms in total. The highest BCUT2D eigenvalue weighted by Crippen LogP contribution is 2.51. The standard InChI is InChI=1S/C20H25BN4O2/c1-18(2)19(3,4)27-21(26-18)16-8-6-7-15(9-16)20(10-14(11-20)12-22)17-24-23-13-25(17)5/h6-9,13-14H,10-11H2,1-5H3. The predicted octanol–water partition coefficient (Wildman–Crippen LogP) is 2.33. The predicted molar refractivity (Wildman–Crippen MR) is 102 cm³/mol. The molecule has 1 saturated carbocycles. The van der Waals surface area contributed by atoms with Gasteiger partial charge in [0.15, 0.2) is 0 Å². The third kappa shape index (κ3) is 2.70. The molecule has 1 aromatic carbocycles. The molecule has 0 N–H and O–H groups in total. The average molecular weight is 364 g/mol. The summed E-state index contributed by atoms with van der Waals surface area (Å²) < 4.78 is 14.4. The van der Waals surface area contributed by atoms with Gasteiger partial charge in [-0.15, -0.1) is 10.2 Å². The van der Waals surface area contributed by atoms with Gasteiger partial charge in [0.05, 0.1) is 22.7 Å². The summed E-state index contributed by atoms with van der Waals surface area (Å²) in [6.45, 7) is 8.23. The van der Waals surface area contributed by atoms with Crippen LogP contribution in [0.15, 0.2) is 30.6 Å². The first kappa shape index (κ1) is 18.2. The second-order valence-corrected chi connectivity index (χ2v) is 8.80. The third-order valence-corrected chi connectivity index (χ3v) is 6.48. The Morgan fingerprint density at radius 1 is 1.19 bits per heavy atom. The third-order valence-electron chi connectivity index (χ3n) is 6.48. The van der Waals surface area contributed by atoms with Crippen LogP contribution in [0, 0.1) is 17.2 Å². The van der Waals surface area contributed by atoms with Crippen molar-refractivity contribution in [2.45, 2.75) is 57.2 Å². The van der Waals surface area contributed by atoms with Crippen LogP contribution in [0.3, 0.4) is 0 Å². The highest BCUT2D eigenvalue weighted by molar-refractivity contribution is 6.62. The normalized spacial score (nSPS) is 28.6. The maximum absolute atomic E-state index is 9.34. The molecule has 0 atom stereocenters. The van der Waals surface area contributed by atoms with E-state index < -0.39 is 7.12 Å². The minimum atomic E-state index is -0.404. The number of benzene rings is 1. The summed E-state index contributed by atoms with van der Waals surface area (Å²) in [4.78, 5) is 0. The molecule has 2 heterocycles. The van der Waals surface area contributed by atoms with Crippen LogP contribution in [0.5, 0.6) is 0 Å². The molecular weight excluding hydrogens is 339 g/mol. The molecule has 4 rings (SSSR count). The highest BCUT2D eigenvalue weighted by Gasteiger charge is 2.53. The van der Waals surface area contributed by atoms with Gasteiger partial charge in [0.25, 0.3) is 0 Å². The zero-order valence-electron chi connectivity index (χ0n) is 16.6. The Morgan fingerprint density at radius 2 is 1.85 bits per heavy atom. The van der Waals surface area contributed by atoms with Crippen molar-refractivity contribution in [3.05, 3.63) is 42.0 Å². The lowest BCUT2D eigenvalue weighted by Gasteiger charge is -2.44. The monoisotopic (exact) mass is 364 g/mol. The van der Waals surface area contributed by atoms with Crippen molar-refractivity contribution < 1.29 is 9.31 Å². The molecule has 1 aromatic heterocycles. The van der Waals surface area contributed by atoms with Crippen molar-refractivity contribution >= 4 is 12.6 Å². The molecule has 0 amide bonds. The number of nitrogens with zero attached hydrogens (tertiary/aromatic N) is 4. The smallest absolute Gasteiger partial charge is 0.399 e. The summed E-state index contributed by atoms with van der Waals surface area (Å²) in [6.07, 6.45) is 3.22. The Labute approximate surface area is 160 Å². The van der Waals surface area contributed by atoms with Gasteiger partial charge in [-0.3, -0.25) is 0 Å². The quantitative estimate of drug-likeness (QED) is 0.782. The van der Waals surface area contributed by atoms with Crippen LogP contribution in [0.1, 0.15) is 51.9 Å². The fraction of sp³-hybridized carbons (Fsp3) is 0.550. The highest BCUT2D eigenvalue weighted by atomic mass is 16.7. The minimum Gasteiger partial charge on any atom is -0.399 e. The van der Waals surface area contributed by atoms with Gasteiger partial charge in [-0.1, -0.05) is 24.3 Å². The number of aromatic nitrogens is 3. The van der Waals surface area contributed by atoms with Crippen LogP contribution >= 0.6 is 0 Å². The molecular formula is C20H25BN4O2. The van der Waals surface area contributed by atoms with Gasteiger partial charge in [-0.25, -0.2) is 0 Å². The number of hydrogen-bond donors (Lipinski definition) is 0. The molecule has 1 aliphatic heterocycles. The van der Waals surface area contributed by atoms with Crippen LogP contribution in [0.25, 0.3) is 0 Å². The molecule has 0 radical (unpaired) electrons. The number of aryl methyl sites for hydroxylation is 1. The summed E-state index contributed by atoms with van der Waals surface area (Å²) in [6, 6.07) is 10.7. The van der Waals surface area contributed by atoms with E-state index in [1.54, 1.807) is 6.33 Å². The van der Waals surface area contributed by atoms with Crippen molar-refractivity contribution in [2.24, 2.45) is 13.0 Å². The molecule has 2 fully saturated rings. The second kappa shape index (κ2) is 5.92. The molecule has 1 saturated heterocycles. The first-order valence-corrected chi connectivity index (χ1v) is 9.39. The summed E-state index contributed by atoms with van der Waals surface area (Å²) in [7, 11) is 1.55. The van der Waals surface area contributed by atoms with Crippen molar-refractivity contribution in [3.8, 4) is 6.07 Å². The van der Waals surface area contributed by atoms with E-state index in [2.05, 4.69) is 56.1 Å². The van der Waals surface area contributed by atoms with Crippen molar-refractivity contribution in [1.82, 2.24) is 14.8 Å². The van der Waals surface area contributed by atoms with E-state index in [1.165, 1.54) is 0 Å². The fourth-order valence-corrected chi connectivity index (χ4v) is 4.10. The molecule has 0 bridgehead atoms. The van der Waals surface area contributed by atoms with Gasteiger partial charge in [0.1, 0.15) is 12.2 Å². The summed E-state index contributed by atoms with van der Waals surface area (Å²) in [5.41, 5.74) is 1.09. The van der Waals surface area contributed by atoms with Crippen LogP contribution in [0.2, 0.25) is 0 Å². The van der Waals surface area contributed by atoms with Gasteiger partial charge in [-0.2, -0.15) is 5.26 Å². The van der Waals surface area contributed by atoms with E-state index in [4.69, 9.17) is 9.31 Å². The number of rotatable bonds is 3. The second-order valence-electron chi connectivity index (χ2n) is 8.80. The van der Waals surface area contributed by atoms with E-state index >= 15 is 0 Å². The van der Waals surface area contributed by atoms with E-state index in [0.717, 1.165) is 29.7 Å². The van der Waals surface area contributed by atoms with Crippen LogP contribution in [-0.2, 0) is 21.8 Å². The molecule has 27 heavy (non-hydrogen) atoms. The molecule has 2 aliphatic rings. The number of nitriles is 1. The zero-order valence-corrected chi connectivity index (χ0v) is 16.6. The molecule has 7 heteroatoms. The first-order chi connectivity index (χ1) is 12.7. The largest absolute Gasteiger partial charge is 0.494 e. The Kier molecular flexibility index (Phi) is 3.99. The van der Waals surface area contributed by atoms with E-state index in [-0.39, 0.29) is 22.5 Å². The Bertz CT molecular complexity index is 893. The van der Waals surface area contributed by atoms with Crippen LogP contribution in [0.4, 0.5) is 0 Å². The fourth-order valence-electron chi connectivity index (χ4n) is 4.10. The molecule has 2 aromatic rings. The summed E-state index contributed by atoms with van der Waals surface area (Å²) in [5, 5.41) is 17.8. The summed E-state index contributed by atoms with van der Waals surface area (Å²) >= 11 is 0. The van der Waals surface area contributed by atoms with Gasteiger partial charge in [0.2, 0.25) is 0 Å². The maximum Gasteiger partial charge on any atom is 0.494 e. The van der Waals surface area contributed by atoms with Crippen molar-refractivity contribution in [2.75, 3.05) is 0 Å². The lowest BCUT2D eigenvalue weighted by Crippen LogP contribution is -2.45. The number of hydrogen-bond acceptors (Lipinski definition) is 5. The van der Waals surface area contributed by atoms with Crippen LogP contribution < -0.4 is 5.46 Å². The van der Waals surface area contributed by atoms with E-state index in [9.17, 15) is 5.26 Å². The molecule has 140 valence electrons. The van der Waals surface area contributed by atoms with Gasteiger partial charge in [0, 0.05) is 13.0 Å². The van der Waals surface area contributed by atoms with E-state index in [0.29, 0.717) is 0 Å². The Balaban J connectivity index is 1.72. The zero-order chi connectivity index (χ0) is 19.4. The molecule has 0 unspecified atom stereocenters. The van der Waals surface area contributed by atoms with Gasteiger partial charge >= 0.3 is 7.12 Å². The minimum absolute atomic E-state index is 0.0437. The van der Waals surface area contributed by atoms with Gasteiger partial charge < -0.3 is 13.9 Å². The lowest BCUT2D eigenvalue weighted by molar-refractivity contribution is 0.00578. The van der Waals surface area contributed by atoms with Crippen LogP contribution in [-0.4, -0.2) is 33.1 Å². The van der Waals surface area contributed by atoms with Crippen molar-refractivity contribution in [3.63, 3.8) is 0 Å². The lowest BCUT2D eigenvalue weighted by atomic mass is 9.57. The van der Waals surface area contributed by atoms with E-state index in [1.807, 2.05) is 23.7 Å². The van der Waals surface area contributed by atoms with Crippen molar-refractivity contribution in [1.29, 1.82) is 5.26 Å². The molecule has 1 aliphatic carbocycles. The topological polar surface area (TPSA) is 73.0 Å². The Hall–Kier alpha value is -2.17. The Morgan fingerprint density at radius 3 is 2.41 bits per heavy atom. The molecule has 0 spiro atoms. The van der Waals surface area contributed by atoms with Gasteiger partial charge in [-0.05, 0) is 51.6 Å².